The minimum Gasteiger partial charge on any atom is -0.381 e. The van der Waals surface area contributed by atoms with Gasteiger partial charge in [0, 0.05) is 42.8 Å². The number of hydrogen-bond acceptors (Lipinski definition) is 6. The summed E-state index contributed by atoms with van der Waals surface area (Å²) in [5.41, 5.74) is 3.24. The van der Waals surface area contributed by atoms with E-state index in [1.807, 2.05) is 16.0 Å². The fourth-order valence-electron chi connectivity index (χ4n) is 3.43. The van der Waals surface area contributed by atoms with Crippen molar-refractivity contribution in [2.75, 3.05) is 13.2 Å². The molecule has 0 bridgehead atoms. The molecule has 1 aliphatic carbocycles. The zero-order chi connectivity index (χ0) is 17.5. The van der Waals surface area contributed by atoms with Gasteiger partial charge in [-0.15, -0.1) is 11.3 Å². The van der Waals surface area contributed by atoms with Crippen molar-refractivity contribution in [3.63, 3.8) is 0 Å². The number of hydrogen-bond donors (Lipinski definition) is 0. The van der Waals surface area contributed by atoms with Crippen LogP contribution in [0.15, 0.2) is 24.0 Å². The number of thiazole rings is 1. The zero-order valence-corrected chi connectivity index (χ0v) is 15.2. The summed E-state index contributed by atoms with van der Waals surface area (Å²) in [5.74, 6) is 1.07. The number of fused-ring (bicyclic) bond motifs is 1. The van der Waals surface area contributed by atoms with Gasteiger partial charge in [0.25, 0.3) is 0 Å². The summed E-state index contributed by atoms with van der Waals surface area (Å²) in [7, 11) is 0. The molecule has 7 heteroatoms. The molecule has 3 aromatic heterocycles. The topological polar surface area (TPSA) is 69.4 Å². The van der Waals surface area contributed by atoms with Gasteiger partial charge in [-0.05, 0) is 25.7 Å². The number of Topliss-reactive ketones (excluding diaryl/α,β-unsaturated/α-hetero) is 1. The van der Waals surface area contributed by atoms with Gasteiger partial charge in [-0.2, -0.15) is 0 Å². The smallest absolute Gasteiger partial charge is 0.188 e. The molecule has 1 saturated heterocycles. The third kappa shape index (κ3) is 3.17. The van der Waals surface area contributed by atoms with E-state index in [0.717, 1.165) is 48.1 Å². The Bertz CT molecular complexity index is 954. The molecule has 0 N–H and O–H groups in total. The highest BCUT2D eigenvalue weighted by Gasteiger charge is 2.27. The Morgan fingerprint density at radius 2 is 2.00 bits per heavy atom. The average Bonchev–Trinajstić information content (AvgIpc) is 3.24. The van der Waals surface area contributed by atoms with E-state index >= 15 is 0 Å². The third-order valence-electron chi connectivity index (χ3n) is 5.13. The number of ketones is 1. The summed E-state index contributed by atoms with van der Waals surface area (Å²) in [4.78, 5) is 26.2. The second kappa shape index (κ2) is 6.55. The van der Waals surface area contributed by atoms with Crippen LogP contribution in [0.4, 0.5) is 0 Å². The first-order valence-electron chi connectivity index (χ1n) is 9.16. The van der Waals surface area contributed by atoms with Gasteiger partial charge in [0.15, 0.2) is 11.4 Å². The zero-order valence-electron chi connectivity index (χ0n) is 14.4. The van der Waals surface area contributed by atoms with Crippen LogP contribution in [-0.4, -0.2) is 38.3 Å². The average molecular weight is 368 g/mol. The number of ether oxygens (including phenoxy) is 1. The highest BCUT2D eigenvalue weighted by molar-refractivity contribution is 7.10. The number of carbonyl (C=O) groups is 1. The molecule has 0 aromatic carbocycles. The van der Waals surface area contributed by atoms with Crippen LogP contribution in [0.25, 0.3) is 5.65 Å². The van der Waals surface area contributed by atoms with E-state index in [2.05, 4.69) is 16.2 Å². The van der Waals surface area contributed by atoms with E-state index < -0.39 is 0 Å². The molecule has 1 saturated carbocycles. The minimum atomic E-state index is 0.0322. The molecule has 4 heterocycles. The largest absolute Gasteiger partial charge is 0.381 e. The molecular weight excluding hydrogens is 348 g/mol. The van der Waals surface area contributed by atoms with Crippen LogP contribution in [0.5, 0.6) is 0 Å². The fourth-order valence-corrected chi connectivity index (χ4v) is 4.43. The number of carbonyl (C=O) groups excluding carboxylic acids is 1. The molecule has 5 rings (SSSR count). The maximum atomic E-state index is 12.5. The SMILES string of the molecule is O=C(Cc1cn2cc(C3CCOCC3)nc2cn1)c1csc(C2CC2)n1. The van der Waals surface area contributed by atoms with Gasteiger partial charge in [0.05, 0.1) is 29.0 Å². The minimum absolute atomic E-state index is 0.0322. The molecule has 3 aromatic rings. The first-order valence-corrected chi connectivity index (χ1v) is 10.0. The second-order valence-electron chi connectivity index (χ2n) is 7.14. The number of rotatable bonds is 5. The van der Waals surface area contributed by atoms with Crippen LogP contribution in [0.1, 0.15) is 64.4 Å². The summed E-state index contributed by atoms with van der Waals surface area (Å²) in [6.45, 7) is 1.60. The van der Waals surface area contributed by atoms with Crippen molar-refractivity contribution in [1.29, 1.82) is 0 Å². The highest BCUT2D eigenvalue weighted by atomic mass is 32.1. The van der Waals surface area contributed by atoms with Crippen LogP contribution in [-0.2, 0) is 11.2 Å². The molecule has 2 aliphatic rings. The number of aromatic nitrogens is 4. The van der Waals surface area contributed by atoms with Crippen molar-refractivity contribution >= 4 is 22.8 Å². The number of imidazole rings is 1. The van der Waals surface area contributed by atoms with E-state index in [1.165, 1.54) is 12.8 Å². The highest BCUT2D eigenvalue weighted by Crippen LogP contribution is 2.41. The Morgan fingerprint density at radius 1 is 1.15 bits per heavy atom. The maximum Gasteiger partial charge on any atom is 0.188 e. The van der Waals surface area contributed by atoms with Crippen molar-refractivity contribution in [2.45, 2.75) is 43.9 Å². The molecule has 0 spiro atoms. The molecule has 6 nitrogen and oxygen atoms in total. The lowest BCUT2D eigenvalue weighted by atomic mass is 9.97. The second-order valence-corrected chi connectivity index (χ2v) is 8.03. The van der Waals surface area contributed by atoms with Crippen LogP contribution in [0, 0.1) is 0 Å². The lowest BCUT2D eigenvalue weighted by Gasteiger charge is -2.19. The van der Waals surface area contributed by atoms with Crippen LogP contribution in [0.3, 0.4) is 0 Å². The predicted octanol–water partition coefficient (Wildman–Crippen LogP) is 3.38. The van der Waals surface area contributed by atoms with Gasteiger partial charge in [0.2, 0.25) is 0 Å². The van der Waals surface area contributed by atoms with Gasteiger partial charge in [-0.3, -0.25) is 9.78 Å². The number of nitrogens with zero attached hydrogens (tertiary/aromatic N) is 4. The Morgan fingerprint density at radius 3 is 2.81 bits per heavy atom. The lowest BCUT2D eigenvalue weighted by molar-refractivity contribution is 0.0846. The van der Waals surface area contributed by atoms with E-state index in [1.54, 1.807) is 17.5 Å². The summed E-state index contributed by atoms with van der Waals surface area (Å²) in [6.07, 6.45) is 10.4. The van der Waals surface area contributed by atoms with Crippen molar-refractivity contribution in [3.05, 3.63) is 46.1 Å². The van der Waals surface area contributed by atoms with Gasteiger partial charge in [-0.1, -0.05) is 0 Å². The first-order chi connectivity index (χ1) is 12.8. The summed E-state index contributed by atoms with van der Waals surface area (Å²) in [6, 6.07) is 0. The molecule has 26 heavy (non-hydrogen) atoms. The lowest BCUT2D eigenvalue weighted by Crippen LogP contribution is -2.14. The van der Waals surface area contributed by atoms with Crippen LogP contribution < -0.4 is 0 Å². The summed E-state index contributed by atoms with van der Waals surface area (Å²) in [5, 5.41) is 2.99. The first kappa shape index (κ1) is 16.1. The van der Waals surface area contributed by atoms with Gasteiger partial charge in [0.1, 0.15) is 5.69 Å². The quantitative estimate of drug-likeness (QED) is 0.646. The molecule has 0 amide bonds. The normalized spacial score (nSPS) is 18.5. The molecule has 2 fully saturated rings. The standard InChI is InChI=1S/C19H20N4O2S/c24-17(16-11-26-19(22-16)13-1-2-13)7-14-9-23-10-15(21-18(23)8-20-14)12-3-5-25-6-4-12/h8-13H,1-7H2. The van der Waals surface area contributed by atoms with Gasteiger partial charge >= 0.3 is 0 Å². The van der Waals surface area contributed by atoms with E-state index in [-0.39, 0.29) is 12.2 Å². The maximum absolute atomic E-state index is 12.5. The molecule has 0 unspecified atom stereocenters. The van der Waals surface area contributed by atoms with Gasteiger partial charge < -0.3 is 9.14 Å². The summed E-state index contributed by atoms with van der Waals surface area (Å²) < 4.78 is 7.41. The molecule has 0 atom stereocenters. The fraction of sp³-hybridized carbons (Fsp3) is 0.474. The van der Waals surface area contributed by atoms with Gasteiger partial charge in [-0.25, -0.2) is 9.97 Å². The monoisotopic (exact) mass is 368 g/mol. The van der Waals surface area contributed by atoms with Crippen LogP contribution in [0.2, 0.25) is 0 Å². The third-order valence-corrected chi connectivity index (χ3v) is 6.14. The molecule has 1 aliphatic heterocycles. The Balaban J connectivity index is 1.34. The molecular formula is C19H20N4O2S. The molecule has 134 valence electrons. The van der Waals surface area contributed by atoms with E-state index in [9.17, 15) is 4.79 Å². The summed E-state index contributed by atoms with van der Waals surface area (Å²) >= 11 is 1.60. The Hall–Kier alpha value is -2.12. The van der Waals surface area contributed by atoms with E-state index in [4.69, 9.17) is 9.72 Å². The van der Waals surface area contributed by atoms with Crippen molar-refractivity contribution in [2.24, 2.45) is 0 Å². The predicted molar refractivity (Wildman–Crippen MR) is 97.9 cm³/mol. The van der Waals surface area contributed by atoms with Crippen molar-refractivity contribution in [1.82, 2.24) is 19.4 Å². The van der Waals surface area contributed by atoms with Crippen molar-refractivity contribution in [3.8, 4) is 0 Å². The molecule has 0 radical (unpaired) electrons. The van der Waals surface area contributed by atoms with Crippen LogP contribution >= 0.6 is 11.3 Å². The van der Waals surface area contributed by atoms with E-state index in [0.29, 0.717) is 17.5 Å². The Kier molecular flexibility index (Phi) is 4.05. The van der Waals surface area contributed by atoms with Crippen molar-refractivity contribution < 1.29 is 9.53 Å². The Labute approximate surface area is 155 Å².